The van der Waals surface area contributed by atoms with Crippen LogP contribution in [0.25, 0.3) is 39.6 Å². The van der Waals surface area contributed by atoms with E-state index < -0.39 is 0 Å². The van der Waals surface area contributed by atoms with Crippen molar-refractivity contribution in [1.82, 2.24) is 25.4 Å². The maximum atomic E-state index is 5.25. The predicted molar refractivity (Wildman–Crippen MR) is 125 cm³/mol. The summed E-state index contributed by atoms with van der Waals surface area (Å²) in [6.45, 7) is 6.59. The molecule has 156 valence electrons. The lowest BCUT2D eigenvalue weighted by atomic mass is 9.88. The first-order chi connectivity index (χ1) is 15.0. The Kier molecular flexibility index (Phi) is 3.98. The maximum absolute atomic E-state index is 5.25. The van der Waals surface area contributed by atoms with Crippen molar-refractivity contribution in [3.8, 4) is 22.8 Å². The SMILES string of the molecule is CC(C)(C)c1cc(-c2nc(-c3n[nH]c4c3CCCC4)c3c4c(cccc24)CC=C3)n[nH]1. The first-order valence-electron chi connectivity index (χ1n) is 11.3. The molecule has 0 saturated heterocycles. The van der Waals surface area contributed by atoms with E-state index in [9.17, 15) is 0 Å². The summed E-state index contributed by atoms with van der Waals surface area (Å²) in [6.07, 6.45) is 10.0. The molecule has 6 rings (SSSR count). The molecular formula is C26H27N5. The lowest BCUT2D eigenvalue weighted by molar-refractivity contribution is 0.567. The average molecular weight is 410 g/mol. The Bertz CT molecular complexity index is 1350. The van der Waals surface area contributed by atoms with Gasteiger partial charge in [-0.05, 0) is 49.1 Å². The molecule has 2 aliphatic rings. The molecule has 2 aliphatic carbocycles. The second-order valence-electron chi connectivity index (χ2n) is 9.82. The summed E-state index contributed by atoms with van der Waals surface area (Å²) in [5.41, 5.74) is 10.1. The fourth-order valence-electron chi connectivity index (χ4n) is 4.98. The average Bonchev–Trinajstić information content (AvgIpc) is 3.42. The Morgan fingerprint density at radius 2 is 1.81 bits per heavy atom. The van der Waals surface area contributed by atoms with Crippen LogP contribution in [0.5, 0.6) is 0 Å². The van der Waals surface area contributed by atoms with Gasteiger partial charge in [0.25, 0.3) is 0 Å². The minimum atomic E-state index is 0.00439. The normalized spacial score (nSPS) is 15.5. The molecule has 0 amide bonds. The fourth-order valence-corrected chi connectivity index (χ4v) is 4.98. The molecule has 0 spiro atoms. The molecule has 3 aromatic heterocycles. The highest BCUT2D eigenvalue weighted by Gasteiger charge is 2.26. The number of nitrogens with zero attached hydrogens (tertiary/aromatic N) is 3. The summed E-state index contributed by atoms with van der Waals surface area (Å²) >= 11 is 0. The zero-order chi connectivity index (χ0) is 21.2. The first kappa shape index (κ1) is 18.6. The summed E-state index contributed by atoms with van der Waals surface area (Å²) in [4.78, 5) is 5.25. The monoisotopic (exact) mass is 409 g/mol. The molecule has 0 radical (unpaired) electrons. The number of aryl methyl sites for hydroxylation is 1. The molecular weight excluding hydrogens is 382 g/mol. The first-order valence-corrected chi connectivity index (χ1v) is 11.3. The minimum absolute atomic E-state index is 0.00439. The van der Waals surface area contributed by atoms with Gasteiger partial charge in [0, 0.05) is 33.3 Å². The van der Waals surface area contributed by atoms with Crippen LogP contribution in [0.4, 0.5) is 0 Å². The van der Waals surface area contributed by atoms with Gasteiger partial charge >= 0.3 is 0 Å². The molecule has 0 fully saturated rings. The van der Waals surface area contributed by atoms with Crippen molar-refractivity contribution in [2.75, 3.05) is 0 Å². The van der Waals surface area contributed by atoms with E-state index in [2.05, 4.69) is 72.5 Å². The molecule has 5 nitrogen and oxygen atoms in total. The topological polar surface area (TPSA) is 70.2 Å². The number of rotatable bonds is 2. The molecule has 3 heterocycles. The third-order valence-corrected chi connectivity index (χ3v) is 6.69. The van der Waals surface area contributed by atoms with Crippen molar-refractivity contribution in [1.29, 1.82) is 0 Å². The highest BCUT2D eigenvalue weighted by atomic mass is 15.1. The minimum Gasteiger partial charge on any atom is -0.282 e. The van der Waals surface area contributed by atoms with Crippen LogP contribution in [0.2, 0.25) is 0 Å². The number of aromatic amines is 2. The molecule has 1 aromatic carbocycles. The zero-order valence-corrected chi connectivity index (χ0v) is 18.3. The number of pyridine rings is 1. The van der Waals surface area contributed by atoms with Crippen LogP contribution >= 0.6 is 0 Å². The number of hydrogen-bond acceptors (Lipinski definition) is 3. The summed E-state index contributed by atoms with van der Waals surface area (Å²) in [5, 5.41) is 18.5. The van der Waals surface area contributed by atoms with E-state index >= 15 is 0 Å². The van der Waals surface area contributed by atoms with Gasteiger partial charge in [-0.3, -0.25) is 10.2 Å². The standard InChI is InChI=1S/C26H27N5/c1-26(2,3)21-14-20(29-30-21)23-17-11-6-8-15-9-7-12-18(22(15)17)24(27-23)25-16-10-4-5-13-19(16)28-31-25/h6-8,11-12,14H,4-5,9-10,13H2,1-3H3,(H,28,31)(H,29,30). The van der Waals surface area contributed by atoms with Crippen LogP contribution in [-0.2, 0) is 24.7 Å². The third kappa shape index (κ3) is 2.87. The number of allylic oxidation sites excluding steroid dienone is 1. The quantitative estimate of drug-likeness (QED) is 0.442. The van der Waals surface area contributed by atoms with Gasteiger partial charge in [0.1, 0.15) is 11.4 Å². The summed E-state index contributed by atoms with van der Waals surface area (Å²) in [7, 11) is 0. The van der Waals surface area contributed by atoms with Gasteiger partial charge in [-0.15, -0.1) is 0 Å². The van der Waals surface area contributed by atoms with Crippen LogP contribution in [0.1, 0.15) is 61.7 Å². The Labute approximate surface area is 182 Å². The van der Waals surface area contributed by atoms with E-state index in [1.54, 1.807) is 0 Å². The maximum Gasteiger partial charge on any atom is 0.115 e. The third-order valence-electron chi connectivity index (χ3n) is 6.69. The van der Waals surface area contributed by atoms with Crippen LogP contribution in [0.15, 0.2) is 30.3 Å². The summed E-state index contributed by atoms with van der Waals surface area (Å²) < 4.78 is 0. The van der Waals surface area contributed by atoms with Crippen LogP contribution in [0.3, 0.4) is 0 Å². The van der Waals surface area contributed by atoms with Gasteiger partial charge in [0.05, 0.1) is 11.4 Å². The Morgan fingerprint density at radius 3 is 2.65 bits per heavy atom. The van der Waals surface area contributed by atoms with E-state index in [1.807, 2.05) is 0 Å². The van der Waals surface area contributed by atoms with Crippen molar-refractivity contribution in [3.63, 3.8) is 0 Å². The van der Waals surface area contributed by atoms with Gasteiger partial charge < -0.3 is 0 Å². The molecule has 5 heteroatoms. The predicted octanol–water partition coefficient (Wildman–Crippen LogP) is 5.76. The fraction of sp³-hybridized carbons (Fsp3) is 0.346. The van der Waals surface area contributed by atoms with Crippen molar-refractivity contribution < 1.29 is 0 Å². The molecule has 0 saturated carbocycles. The van der Waals surface area contributed by atoms with Crippen molar-refractivity contribution in [3.05, 3.63) is 58.4 Å². The highest BCUT2D eigenvalue weighted by Crippen LogP contribution is 2.41. The van der Waals surface area contributed by atoms with Gasteiger partial charge in [0.2, 0.25) is 0 Å². The Hall–Kier alpha value is -3.21. The lowest BCUT2D eigenvalue weighted by Gasteiger charge is -2.19. The lowest BCUT2D eigenvalue weighted by Crippen LogP contribution is -2.11. The number of benzene rings is 1. The number of H-pyrrole nitrogens is 2. The number of aromatic nitrogens is 5. The molecule has 31 heavy (non-hydrogen) atoms. The number of nitrogens with one attached hydrogen (secondary N) is 2. The number of hydrogen-bond donors (Lipinski definition) is 2. The van der Waals surface area contributed by atoms with E-state index in [0.717, 1.165) is 53.1 Å². The Balaban J connectivity index is 1.66. The summed E-state index contributed by atoms with van der Waals surface area (Å²) in [5.74, 6) is 0. The van der Waals surface area contributed by atoms with Gasteiger partial charge in [-0.1, -0.05) is 51.1 Å². The van der Waals surface area contributed by atoms with Crippen molar-refractivity contribution in [2.45, 2.75) is 58.3 Å². The number of fused-ring (bicyclic) bond motifs is 1. The zero-order valence-electron chi connectivity index (χ0n) is 18.3. The van der Waals surface area contributed by atoms with Crippen molar-refractivity contribution >= 4 is 16.8 Å². The molecule has 2 N–H and O–H groups in total. The molecule has 0 bridgehead atoms. The molecule has 0 aliphatic heterocycles. The van der Waals surface area contributed by atoms with Crippen LogP contribution in [0, 0.1) is 0 Å². The van der Waals surface area contributed by atoms with Gasteiger partial charge in [-0.2, -0.15) is 10.2 Å². The van der Waals surface area contributed by atoms with E-state index in [4.69, 9.17) is 10.1 Å². The van der Waals surface area contributed by atoms with E-state index in [1.165, 1.54) is 40.6 Å². The smallest absolute Gasteiger partial charge is 0.115 e. The summed E-state index contributed by atoms with van der Waals surface area (Å²) in [6, 6.07) is 8.70. The van der Waals surface area contributed by atoms with E-state index in [-0.39, 0.29) is 5.41 Å². The van der Waals surface area contributed by atoms with Gasteiger partial charge in [-0.25, -0.2) is 4.98 Å². The van der Waals surface area contributed by atoms with E-state index in [0.29, 0.717) is 0 Å². The van der Waals surface area contributed by atoms with Crippen LogP contribution in [-0.4, -0.2) is 25.4 Å². The largest absolute Gasteiger partial charge is 0.282 e. The highest BCUT2D eigenvalue weighted by molar-refractivity contribution is 6.05. The second-order valence-corrected chi connectivity index (χ2v) is 9.82. The Morgan fingerprint density at radius 1 is 0.935 bits per heavy atom. The molecule has 0 atom stereocenters. The molecule has 4 aromatic rings. The van der Waals surface area contributed by atoms with Crippen LogP contribution < -0.4 is 0 Å². The van der Waals surface area contributed by atoms with Crippen molar-refractivity contribution in [2.24, 2.45) is 0 Å². The molecule has 0 unspecified atom stereocenters. The van der Waals surface area contributed by atoms with Gasteiger partial charge in [0.15, 0.2) is 0 Å². The second kappa shape index (κ2) is 6.64.